The zero-order chi connectivity index (χ0) is 7.56. The summed E-state index contributed by atoms with van der Waals surface area (Å²) in [6, 6.07) is 0. The minimum atomic E-state index is 0. The zero-order valence-electron chi connectivity index (χ0n) is 6.70. The van der Waals surface area contributed by atoms with Crippen LogP contribution in [-0.4, -0.2) is 24.3 Å². The van der Waals surface area contributed by atoms with Gasteiger partial charge in [-0.15, -0.1) is 24.0 Å². The fraction of sp³-hybridized carbons (Fsp3) is 0.375. The topological polar surface area (TPSA) is 20.3 Å². The van der Waals surface area contributed by atoms with Crippen molar-refractivity contribution in [3.8, 4) is 0 Å². The molecule has 0 aromatic heterocycles. The second kappa shape index (κ2) is 4.54. The molecule has 0 bridgehead atoms. The quantitative estimate of drug-likeness (QED) is 0.671. The van der Waals surface area contributed by atoms with Crippen molar-refractivity contribution in [2.24, 2.45) is 0 Å². The van der Waals surface area contributed by atoms with Crippen LogP contribution in [0.5, 0.6) is 0 Å². The van der Waals surface area contributed by atoms with E-state index in [1.54, 1.807) is 6.92 Å². The van der Waals surface area contributed by atoms with Crippen molar-refractivity contribution in [2.45, 2.75) is 6.92 Å². The molecule has 0 unspecified atom stereocenters. The Balaban J connectivity index is 0.000001000. The van der Waals surface area contributed by atoms with Gasteiger partial charge >= 0.3 is 0 Å². The third-order valence-electron chi connectivity index (χ3n) is 1.51. The molecule has 1 heterocycles. The molecule has 1 aliphatic rings. The summed E-state index contributed by atoms with van der Waals surface area (Å²) in [6.45, 7) is 2.34. The lowest BCUT2D eigenvalue weighted by Crippen LogP contribution is -2.19. The summed E-state index contributed by atoms with van der Waals surface area (Å²) < 4.78 is 0. The molecule has 0 aromatic carbocycles. The van der Waals surface area contributed by atoms with Crippen LogP contribution in [0.25, 0.3) is 0 Å². The molecule has 0 amide bonds. The van der Waals surface area contributed by atoms with Crippen LogP contribution in [0.3, 0.4) is 0 Å². The monoisotopic (exact) mass is 265 g/mol. The van der Waals surface area contributed by atoms with E-state index in [0.717, 1.165) is 12.1 Å². The van der Waals surface area contributed by atoms with Crippen LogP contribution in [0.15, 0.2) is 23.9 Å². The summed E-state index contributed by atoms with van der Waals surface area (Å²) in [5.74, 6) is 0.163. The molecule has 2 nitrogen and oxygen atoms in total. The van der Waals surface area contributed by atoms with E-state index in [1.165, 1.54) is 0 Å². The number of carbonyl (C=O) groups is 1. The van der Waals surface area contributed by atoms with Gasteiger partial charge in [0, 0.05) is 19.2 Å². The van der Waals surface area contributed by atoms with E-state index in [1.807, 2.05) is 30.3 Å². The lowest BCUT2D eigenvalue weighted by molar-refractivity contribution is -0.113. The van der Waals surface area contributed by atoms with Gasteiger partial charge in [0.15, 0.2) is 5.78 Å². The highest BCUT2D eigenvalue weighted by Crippen LogP contribution is 2.05. The number of hydrogen-bond acceptors (Lipinski definition) is 2. The highest BCUT2D eigenvalue weighted by molar-refractivity contribution is 14.0. The molecule has 0 N–H and O–H groups in total. The van der Waals surface area contributed by atoms with Gasteiger partial charge in [-0.25, -0.2) is 0 Å². The van der Waals surface area contributed by atoms with Crippen LogP contribution in [0, 0.1) is 0 Å². The van der Waals surface area contributed by atoms with Crippen molar-refractivity contribution >= 4 is 29.8 Å². The average Bonchev–Trinajstić information content (AvgIpc) is 1.88. The van der Waals surface area contributed by atoms with Crippen LogP contribution < -0.4 is 0 Å². The van der Waals surface area contributed by atoms with E-state index in [4.69, 9.17) is 0 Å². The Hall–Kier alpha value is -0.320. The van der Waals surface area contributed by atoms with E-state index in [0.29, 0.717) is 0 Å². The van der Waals surface area contributed by atoms with Gasteiger partial charge < -0.3 is 4.90 Å². The predicted octanol–water partition coefficient (Wildman–Crippen LogP) is 1.58. The van der Waals surface area contributed by atoms with E-state index >= 15 is 0 Å². The lowest BCUT2D eigenvalue weighted by Gasteiger charge is -2.17. The molecule has 62 valence electrons. The predicted molar refractivity (Wildman–Crippen MR) is 55.9 cm³/mol. The number of rotatable bonds is 1. The molecule has 0 saturated heterocycles. The van der Waals surface area contributed by atoms with Gasteiger partial charge in [0.05, 0.1) is 0 Å². The number of ketones is 1. The number of nitrogens with zero attached hydrogens (tertiary/aromatic N) is 1. The number of Topliss-reactive ketones (excluding diaryl/α,β-unsaturated/α-hetero) is 1. The van der Waals surface area contributed by atoms with Crippen LogP contribution in [0.2, 0.25) is 0 Å². The van der Waals surface area contributed by atoms with Gasteiger partial charge in [0.2, 0.25) is 0 Å². The van der Waals surface area contributed by atoms with Gasteiger partial charge in [0.1, 0.15) is 0 Å². The Morgan fingerprint density at radius 2 is 2.27 bits per heavy atom. The van der Waals surface area contributed by atoms with E-state index in [2.05, 4.69) is 0 Å². The molecule has 3 heteroatoms. The summed E-state index contributed by atoms with van der Waals surface area (Å²) in [5, 5.41) is 0. The number of hydrogen-bond donors (Lipinski definition) is 0. The summed E-state index contributed by atoms with van der Waals surface area (Å²) >= 11 is 0. The fourth-order valence-electron chi connectivity index (χ4n) is 0.909. The minimum absolute atomic E-state index is 0. The molecule has 0 saturated carbocycles. The third-order valence-corrected chi connectivity index (χ3v) is 1.51. The third kappa shape index (κ3) is 3.05. The smallest absolute Gasteiger partial charge is 0.157 e. The van der Waals surface area contributed by atoms with Crippen LogP contribution in [0.4, 0.5) is 0 Å². The largest absolute Gasteiger partial charge is 0.376 e. The van der Waals surface area contributed by atoms with Crippen molar-refractivity contribution in [3.05, 3.63) is 23.9 Å². The summed E-state index contributed by atoms with van der Waals surface area (Å²) in [5.41, 5.74) is 0.880. The van der Waals surface area contributed by atoms with Gasteiger partial charge in [-0.1, -0.05) is 6.08 Å². The Bertz CT molecular complexity index is 208. The number of likely N-dealkylation sites (N-methyl/N-ethyl adjacent to an activating group) is 1. The first kappa shape index (κ1) is 10.7. The number of allylic oxidation sites excluding steroid dienone is 2. The van der Waals surface area contributed by atoms with Gasteiger partial charge in [-0.3, -0.25) is 4.79 Å². The summed E-state index contributed by atoms with van der Waals surface area (Å²) in [7, 11) is 1.95. The first-order valence-corrected chi connectivity index (χ1v) is 3.28. The second-order valence-electron chi connectivity index (χ2n) is 2.50. The second-order valence-corrected chi connectivity index (χ2v) is 2.50. The molecular formula is C8H12INO. The standard InChI is InChI=1S/C8H11NO.HI/c1-7(10)8-4-3-5-9(2)6-8;/h3-5H,6H2,1-2H3;1H. The Morgan fingerprint density at radius 3 is 2.64 bits per heavy atom. The molecule has 1 rings (SSSR count). The first-order valence-electron chi connectivity index (χ1n) is 3.28. The van der Waals surface area contributed by atoms with Crippen molar-refractivity contribution in [1.82, 2.24) is 4.90 Å². The lowest BCUT2D eigenvalue weighted by atomic mass is 10.1. The molecule has 0 fully saturated rings. The van der Waals surface area contributed by atoms with Crippen LogP contribution >= 0.6 is 24.0 Å². The fourth-order valence-corrected chi connectivity index (χ4v) is 0.909. The molecular weight excluding hydrogens is 253 g/mol. The van der Waals surface area contributed by atoms with Crippen molar-refractivity contribution in [2.75, 3.05) is 13.6 Å². The molecule has 0 radical (unpaired) electrons. The maximum atomic E-state index is 10.8. The zero-order valence-corrected chi connectivity index (χ0v) is 9.03. The number of halogens is 1. The molecule has 0 aliphatic carbocycles. The first-order chi connectivity index (χ1) is 4.70. The molecule has 1 aliphatic heterocycles. The SMILES string of the molecule is CC(=O)C1=CC=CN(C)C1.I. The van der Waals surface area contributed by atoms with Crippen molar-refractivity contribution in [1.29, 1.82) is 0 Å². The highest BCUT2D eigenvalue weighted by Gasteiger charge is 2.06. The van der Waals surface area contributed by atoms with Crippen LogP contribution in [-0.2, 0) is 4.79 Å². The molecule has 0 atom stereocenters. The molecule has 11 heavy (non-hydrogen) atoms. The van der Waals surface area contributed by atoms with E-state index in [9.17, 15) is 4.79 Å². The summed E-state index contributed by atoms with van der Waals surface area (Å²) in [6.07, 6.45) is 5.70. The normalized spacial score (nSPS) is 15.5. The Morgan fingerprint density at radius 1 is 1.64 bits per heavy atom. The van der Waals surface area contributed by atoms with Gasteiger partial charge in [-0.05, 0) is 19.2 Å². The number of carbonyl (C=O) groups excluding carboxylic acids is 1. The average molecular weight is 265 g/mol. The minimum Gasteiger partial charge on any atom is -0.376 e. The maximum Gasteiger partial charge on any atom is 0.157 e. The molecule has 0 aromatic rings. The Labute approximate surface area is 84.0 Å². The van der Waals surface area contributed by atoms with Crippen molar-refractivity contribution < 1.29 is 4.79 Å². The highest BCUT2D eigenvalue weighted by atomic mass is 127. The van der Waals surface area contributed by atoms with Crippen molar-refractivity contribution in [3.63, 3.8) is 0 Å². The maximum absolute atomic E-state index is 10.8. The Kier molecular flexibility index (Phi) is 4.40. The molecule has 0 spiro atoms. The van der Waals surface area contributed by atoms with E-state index in [-0.39, 0.29) is 29.8 Å². The van der Waals surface area contributed by atoms with E-state index < -0.39 is 0 Å². The van der Waals surface area contributed by atoms with Crippen LogP contribution in [0.1, 0.15) is 6.92 Å². The van der Waals surface area contributed by atoms with Gasteiger partial charge in [0.25, 0.3) is 0 Å². The van der Waals surface area contributed by atoms with Gasteiger partial charge in [-0.2, -0.15) is 0 Å². The summed E-state index contributed by atoms with van der Waals surface area (Å²) in [4.78, 5) is 12.8.